The average Bonchev–Trinajstić information content (AvgIpc) is 2.23. The fourth-order valence-electron chi connectivity index (χ4n) is 1.11. The van der Waals surface area contributed by atoms with Crippen molar-refractivity contribution in [3.8, 4) is 0 Å². The molecule has 0 aliphatic carbocycles. The standard InChI is InChI=1S/C11H16FNO2/c1-2-14-5-6-15-8-9-3-4-11(13)10(12)7-9/h3-4,7H,2,5-6,8,13H2,1H3. The first kappa shape index (κ1) is 11.9. The molecule has 4 heteroatoms. The Bertz CT molecular complexity index is 305. The minimum absolute atomic E-state index is 0.160. The summed E-state index contributed by atoms with van der Waals surface area (Å²) in [4.78, 5) is 0. The molecule has 0 fully saturated rings. The van der Waals surface area contributed by atoms with Crippen LogP contribution in [0.4, 0.5) is 10.1 Å². The van der Waals surface area contributed by atoms with Crippen molar-refractivity contribution < 1.29 is 13.9 Å². The van der Waals surface area contributed by atoms with E-state index < -0.39 is 5.82 Å². The Morgan fingerprint density at radius 2 is 2.00 bits per heavy atom. The lowest BCUT2D eigenvalue weighted by Gasteiger charge is -2.05. The maximum Gasteiger partial charge on any atom is 0.146 e. The zero-order chi connectivity index (χ0) is 11.1. The second-order valence-corrected chi connectivity index (χ2v) is 3.11. The van der Waals surface area contributed by atoms with E-state index in [9.17, 15) is 4.39 Å². The zero-order valence-corrected chi connectivity index (χ0v) is 8.83. The van der Waals surface area contributed by atoms with Crippen LogP contribution in [0.2, 0.25) is 0 Å². The van der Waals surface area contributed by atoms with Gasteiger partial charge < -0.3 is 15.2 Å². The number of nitrogen functional groups attached to an aromatic ring is 1. The van der Waals surface area contributed by atoms with Crippen molar-refractivity contribution in [3.63, 3.8) is 0 Å². The molecule has 1 aromatic rings. The molecule has 3 nitrogen and oxygen atoms in total. The molecule has 0 spiro atoms. The van der Waals surface area contributed by atoms with Gasteiger partial charge in [0.2, 0.25) is 0 Å². The third-order valence-electron chi connectivity index (χ3n) is 1.91. The van der Waals surface area contributed by atoms with Crippen molar-refractivity contribution in [3.05, 3.63) is 29.6 Å². The van der Waals surface area contributed by atoms with E-state index in [1.54, 1.807) is 6.07 Å². The Morgan fingerprint density at radius 1 is 1.27 bits per heavy atom. The fourth-order valence-corrected chi connectivity index (χ4v) is 1.11. The molecular formula is C11H16FNO2. The summed E-state index contributed by atoms with van der Waals surface area (Å²) in [7, 11) is 0. The molecule has 0 saturated carbocycles. The molecule has 84 valence electrons. The first-order valence-electron chi connectivity index (χ1n) is 4.93. The quantitative estimate of drug-likeness (QED) is 0.580. The Kier molecular flexibility index (Phi) is 5.07. The van der Waals surface area contributed by atoms with E-state index in [-0.39, 0.29) is 5.69 Å². The van der Waals surface area contributed by atoms with E-state index in [1.165, 1.54) is 12.1 Å². The van der Waals surface area contributed by atoms with Crippen LogP contribution in [0.1, 0.15) is 12.5 Å². The predicted octanol–water partition coefficient (Wildman–Crippen LogP) is 1.96. The number of anilines is 1. The minimum Gasteiger partial charge on any atom is -0.396 e. The minimum atomic E-state index is -0.402. The smallest absolute Gasteiger partial charge is 0.146 e. The van der Waals surface area contributed by atoms with Crippen molar-refractivity contribution in [2.75, 3.05) is 25.6 Å². The van der Waals surface area contributed by atoms with Crippen molar-refractivity contribution in [1.82, 2.24) is 0 Å². The molecule has 0 saturated heterocycles. The van der Waals surface area contributed by atoms with Gasteiger partial charge in [-0.05, 0) is 24.6 Å². The topological polar surface area (TPSA) is 44.5 Å². The van der Waals surface area contributed by atoms with Crippen LogP contribution in [-0.2, 0) is 16.1 Å². The van der Waals surface area contributed by atoms with Crippen LogP contribution < -0.4 is 5.73 Å². The summed E-state index contributed by atoms with van der Waals surface area (Å²) < 4.78 is 23.4. The van der Waals surface area contributed by atoms with E-state index in [0.29, 0.717) is 26.4 Å². The number of hydrogen-bond acceptors (Lipinski definition) is 3. The first-order valence-corrected chi connectivity index (χ1v) is 4.93. The molecule has 0 aromatic heterocycles. The van der Waals surface area contributed by atoms with Crippen LogP contribution in [0, 0.1) is 5.82 Å². The first-order chi connectivity index (χ1) is 7.24. The maximum absolute atomic E-state index is 13.0. The van der Waals surface area contributed by atoms with Gasteiger partial charge >= 0.3 is 0 Å². The molecule has 0 aliphatic heterocycles. The molecule has 0 bridgehead atoms. The lowest BCUT2D eigenvalue weighted by atomic mass is 10.2. The van der Waals surface area contributed by atoms with Crippen molar-refractivity contribution in [1.29, 1.82) is 0 Å². The highest BCUT2D eigenvalue weighted by Gasteiger charge is 1.99. The highest BCUT2D eigenvalue weighted by Crippen LogP contribution is 2.12. The molecule has 15 heavy (non-hydrogen) atoms. The van der Waals surface area contributed by atoms with Crippen LogP contribution in [-0.4, -0.2) is 19.8 Å². The van der Waals surface area contributed by atoms with Crippen molar-refractivity contribution >= 4 is 5.69 Å². The van der Waals surface area contributed by atoms with Gasteiger partial charge in [0.1, 0.15) is 5.82 Å². The molecule has 0 radical (unpaired) electrons. The lowest BCUT2D eigenvalue weighted by molar-refractivity contribution is 0.0452. The largest absolute Gasteiger partial charge is 0.396 e. The van der Waals surface area contributed by atoms with Crippen LogP contribution in [0.5, 0.6) is 0 Å². The molecule has 1 rings (SSSR count). The third kappa shape index (κ3) is 4.27. The summed E-state index contributed by atoms with van der Waals surface area (Å²) in [6.45, 7) is 4.06. The second kappa shape index (κ2) is 6.37. The van der Waals surface area contributed by atoms with Gasteiger partial charge in [-0.25, -0.2) is 4.39 Å². The van der Waals surface area contributed by atoms with Crippen LogP contribution in [0.25, 0.3) is 0 Å². The van der Waals surface area contributed by atoms with E-state index in [0.717, 1.165) is 5.56 Å². The number of hydrogen-bond donors (Lipinski definition) is 1. The van der Waals surface area contributed by atoms with E-state index in [1.807, 2.05) is 6.92 Å². The van der Waals surface area contributed by atoms with Crippen LogP contribution in [0.3, 0.4) is 0 Å². The third-order valence-corrected chi connectivity index (χ3v) is 1.91. The monoisotopic (exact) mass is 213 g/mol. The van der Waals surface area contributed by atoms with Gasteiger partial charge in [-0.3, -0.25) is 0 Å². The number of halogens is 1. The van der Waals surface area contributed by atoms with Gasteiger partial charge in [-0.15, -0.1) is 0 Å². The molecule has 0 unspecified atom stereocenters. The summed E-state index contributed by atoms with van der Waals surface area (Å²) in [5.74, 6) is -0.402. The molecule has 0 amide bonds. The van der Waals surface area contributed by atoms with Crippen molar-refractivity contribution in [2.45, 2.75) is 13.5 Å². The number of ether oxygens (including phenoxy) is 2. The summed E-state index contributed by atoms with van der Waals surface area (Å²) in [6.07, 6.45) is 0. The Balaban J connectivity index is 2.28. The molecule has 0 atom stereocenters. The normalized spacial score (nSPS) is 10.5. The molecule has 0 heterocycles. The lowest BCUT2D eigenvalue weighted by Crippen LogP contribution is -2.04. The van der Waals surface area contributed by atoms with E-state index >= 15 is 0 Å². The Morgan fingerprint density at radius 3 is 2.67 bits per heavy atom. The van der Waals surface area contributed by atoms with Gasteiger partial charge in [-0.2, -0.15) is 0 Å². The van der Waals surface area contributed by atoms with Gasteiger partial charge in [0.15, 0.2) is 0 Å². The average molecular weight is 213 g/mol. The van der Waals surface area contributed by atoms with Gasteiger partial charge in [0.25, 0.3) is 0 Å². The van der Waals surface area contributed by atoms with Gasteiger partial charge in [0.05, 0.1) is 25.5 Å². The zero-order valence-electron chi connectivity index (χ0n) is 8.83. The Labute approximate surface area is 89.0 Å². The van der Waals surface area contributed by atoms with Gasteiger partial charge in [0, 0.05) is 6.61 Å². The van der Waals surface area contributed by atoms with E-state index in [2.05, 4.69) is 0 Å². The Hall–Kier alpha value is -1.13. The molecular weight excluding hydrogens is 197 g/mol. The summed E-state index contributed by atoms with van der Waals surface area (Å²) >= 11 is 0. The number of rotatable bonds is 6. The highest BCUT2D eigenvalue weighted by molar-refractivity contribution is 5.41. The predicted molar refractivity (Wildman–Crippen MR) is 57.0 cm³/mol. The summed E-state index contributed by atoms with van der Waals surface area (Å²) in [6, 6.07) is 4.67. The number of benzene rings is 1. The van der Waals surface area contributed by atoms with Crippen LogP contribution in [0.15, 0.2) is 18.2 Å². The summed E-state index contributed by atoms with van der Waals surface area (Å²) in [5.41, 5.74) is 6.28. The summed E-state index contributed by atoms with van der Waals surface area (Å²) in [5, 5.41) is 0. The number of nitrogens with two attached hydrogens (primary N) is 1. The van der Waals surface area contributed by atoms with Crippen LogP contribution >= 0.6 is 0 Å². The molecule has 1 aromatic carbocycles. The fraction of sp³-hybridized carbons (Fsp3) is 0.455. The van der Waals surface area contributed by atoms with Gasteiger partial charge in [-0.1, -0.05) is 6.07 Å². The maximum atomic E-state index is 13.0. The highest BCUT2D eigenvalue weighted by atomic mass is 19.1. The van der Waals surface area contributed by atoms with E-state index in [4.69, 9.17) is 15.2 Å². The SMILES string of the molecule is CCOCCOCc1ccc(N)c(F)c1. The molecule has 2 N–H and O–H groups in total. The molecule has 0 aliphatic rings. The van der Waals surface area contributed by atoms with Crippen molar-refractivity contribution in [2.24, 2.45) is 0 Å². The second-order valence-electron chi connectivity index (χ2n) is 3.11.